The van der Waals surface area contributed by atoms with Crippen LogP contribution in [0.5, 0.6) is 0 Å². The minimum atomic E-state index is -0.895. The minimum Gasteiger partial charge on any atom is -0.352 e. The highest BCUT2D eigenvalue weighted by Crippen LogP contribution is 2.10. The van der Waals surface area contributed by atoms with Gasteiger partial charge in [0.25, 0.3) is 5.91 Å². The molecule has 2 aromatic rings. The van der Waals surface area contributed by atoms with Crippen LogP contribution >= 0.6 is 0 Å². The van der Waals surface area contributed by atoms with Crippen molar-refractivity contribution in [2.24, 2.45) is 0 Å². The molecule has 0 radical (unpaired) electrons. The molecule has 0 spiro atoms. The van der Waals surface area contributed by atoms with Gasteiger partial charge in [-0.2, -0.15) is 0 Å². The predicted octanol–water partition coefficient (Wildman–Crippen LogP) is 2.86. The van der Waals surface area contributed by atoms with E-state index >= 15 is 0 Å². The van der Waals surface area contributed by atoms with Gasteiger partial charge in [-0.1, -0.05) is 30.3 Å². The molecular formula is C23H27F2N3O2. The number of nitrogens with one attached hydrogen (secondary N) is 1. The molecule has 2 amide bonds. The summed E-state index contributed by atoms with van der Waals surface area (Å²) in [4.78, 5) is 28.6. The first kappa shape index (κ1) is 21.9. The van der Waals surface area contributed by atoms with Crippen LogP contribution in [0.2, 0.25) is 0 Å². The van der Waals surface area contributed by atoms with Gasteiger partial charge >= 0.3 is 0 Å². The van der Waals surface area contributed by atoms with Crippen LogP contribution in [0.3, 0.4) is 0 Å². The lowest BCUT2D eigenvalue weighted by atomic mass is 10.1. The normalized spacial score (nSPS) is 14.5. The van der Waals surface area contributed by atoms with E-state index in [9.17, 15) is 18.4 Å². The summed E-state index contributed by atoms with van der Waals surface area (Å²) < 4.78 is 26.5. The first-order valence-corrected chi connectivity index (χ1v) is 10.3. The molecule has 0 saturated carbocycles. The van der Waals surface area contributed by atoms with Crippen molar-refractivity contribution < 1.29 is 18.4 Å². The minimum absolute atomic E-state index is 0.0694. The molecule has 0 aliphatic carbocycles. The van der Waals surface area contributed by atoms with Gasteiger partial charge in [0.15, 0.2) is 0 Å². The van der Waals surface area contributed by atoms with E-state index in [4.69, 9.17) is 0 Å². The summed E-state index contributed by atoms with van der Waals surface area (Å²) in [6.45, 7) is 4.39. The Balaban J connectivity index is 1.31. The highest BCUT2D eigenvalue weighted by Gasteiger charge is 2.20. The highest BCUT2D eigenvalue weighted by atomic mass is 19.1. The molecule has 3 rings (SSSR count). The van der Waals surface area contributed by atoms with Crippen LogP contribution in [-0.2, 0) is 11.2 Å². The molecule has 0 bridgehead atoms. The van der Waals surface area contributed by atoms with E-state index in [2.05, 4.69) is 22.3 Å². The van der Waals surface area contributed by atoms with E-state index < -0.39 is 17.5 Å². The number of halogens is 2. The van der Waals surface area contributed by atoms with Gasteiger partial charge in [-0.3, -0.25) is 14.5 Å². The Labute approximate surface area is 175 Å². The number of rotatable bonds is 8. The Hall–Kier alpha value is -2.80. The van der Waals surface area contributed by atoms with Gasteiger partial charge < -0.3 is 10.2 Å². The molecule has 30 heavy (non-hydrogen) atoms. The molecule has 7 heteroatoms. The van der Waals surface area contributed by atoms with Crippen molar-refractivity contribution in [2.75, 3.05) is 39.3 Å². The molecule has 1 aliphatic heterocycles. The molecule has 0 unspecified atom stereocenters. The molecule has 1 fully saturated rings. The van der Waals surface area contributed by atoms with Gasteiger partial charge in [0.05, 0.1) is 5.56 Å². The fraction of sp³-hybridized carbons (Fsp3) is 0.391. The molecule has 1 heterocycles. The summed E-state index contributed by atoms with van der Waals surface area (Å²) in [7, 11) is 0. The molecular weight excluding hydrogens is 388 g/mol. The monoisotopic (exact) mass is 415 g/mol. The van der Waals surface area contributed by atoms with E-state index in [1.165, 1.54) is 5.56 Å². The molecule has 1 N–H and O–H groups in total. The second-order valence-electron chi connectivity index (χ2n) is 7.44. The number of nitrogens with zero attached hydrogens (tertiary/aromatic N) is 2. The number of piperazine rings is 1. The van der Waals surface area contributed by atoms with Crippen LogP contribution in [-0.4, -0.2) is 60.9 Å². The van der Waals surface area contributed by atoms with E-state index in [0.29, 0.717) is 32.0 Å². The number of hydrogen-bond acceptors (Lipinski definition) is 3. The lowest BCUT2D eigenvalue weighted by Crippen LogP contribution is -2.49. The molecule has 1 saturated heterocycles. The van der Waals surface area contributed by atoms with Crippen LogP contribution in [0.15, 0.2) is 48.5 Å². The lowest BCUT2D eigenvalue weighted by Gasteiger charge is -2.34. The number of carbonyl (C=O) groups is 2. The summed E-state index contributed by atoms with van der Waals surface area (Å²) >= 11 is 0. The van der Waals surface area contributed by atoms with E-state index in [-0.39, 0.29) is 18.0 Å². The van der Waals surface area contributed by atoms with Gasteiger partial charge in [-0.05, 0) is 30.5 Å². The Bertz CT molecular complexity index is 853. The zero-order chi connectivity index (χ0) is 21.3. The van der Waals surface area contributed by atoms with Crippen LogP contribution < -0.4 is 5.32 Å². The fourth-order valence-corrected chi connectivity index (χ4v) is 3.52. The Kier molecular flexibility index (Phi) is 7.90. The van der Waals surface area contributed by atoms with Crippen molar-refractivity contribution in [1.82, 2.24) is 15.1 Å². The first-order valence-electron chi connectivity index (χ1n) is 10.3. The Morgan fingerprint density at radius 2 is 1.70 bits per heavy atom. The molecule has 160 valence electrons. The highest BCUT2D eigenvalue weighted by molar-refractivity contribution is 5.94. The van der Waals surface area contributed by atoms with Crippen molar-refractivity contribution in [2.45, 2.75) is 19.3 Å². The topological polar surface area (TPSA) is 52.7 Å². The number of benzene rings is 2. The third-order valence-electron chi connectivity index (χ3n) is 5.31. The standard InChI is InChI=1S/C23H27F2N3O2/c24-19-8-9-20(21(25)17-19)23(30)26-11-4-7-22(29)28-15-13-27(14-16-28)12-10-18-5-2-1-3-6-18/h1-3,5-6,8-9,17H,4,7,10-16H2,(H,26,30). The number of hydrogen-bond donors (Lipinski definition) is 1. The Morgan fingerprint density at radius 1 is 0.967 bits per heavy atom. The zero-order valence-corrected chi connectivity index (χ0v) is 16.9. The van der Waals surface area contributed by atoms with Crippen molar-refractivity contribution in [3.63, 3.8) is 0 Å². The average molecular weight is 415 g/mol. The van der Waals surface area contributed by atoms with Gasteiger partial charge in [-0.25, -0.2) is 8.78 Å². The van der Waals surface area contributed by atoms with E-state index in [1.54, 1.807) is 0 Å². The number of amides is 2. The largest absolute Gasteiger partial charge is 0.352 e. The van der Waals surface area contributed by atoms with Crippen molar-refractivity contribution in [3.8, 4) is 0 Å². The van der Waals surface area contributed by atoms with Crippen LogP contribution in [0.4, 0.5) is 8.78 Å². The number of carbonyl (C=O) groups excluding carboxylic acids is 2. The van der Waals surface area contributed by atoms with Crippen molar-refractivity contribution in [3.05, 3.63) is 71.3 Å². The molecule has 5 nitrogen and oxygen atoms in total. The SMILES string of the molecule is O=C(NCCCC(=O)N1CCN(CCc2ccccc2)CC1)c1ccc(F)cc1F. The van der Waals surface area contributed by atoms with Crippen molar-refractivity contribution >= 4 is 11.8 Å². The third-order valence-corrected chi connectivity index (χ3v) is 5.31. The van der Waals surface area contributed by atoms with Gasteiger partial charge in [-0.15, -0.1) is 0 Å². The maximum Gasteiger partial charge on any atom is 0.254 e. The molecule has 0 aromatic heterocycles. The van der Waals surface area contributed by atoms with Gasteiger partial charge in [0.2, 0.25) is 5.91 Å². The van der Waals surface area contributed by atoms with Gasteiger partial charge in [0.1, 0.15) is 11.6 Å². The van der Waals surface area contributed by atoms with Crippen LogP contribution in [0, 0.1) is 11.6 Å². The fourth-order valence-electron chi connectivity index (χ4n) is 3.52. The Morgan fingerprint density at radius 3 is 2.40 bits per heavy atom. The average Bonchev–Trinajstić information content (AvgIpc) is 2.76. The smallest absolute Gasteiger partial charge is 0.254 e. The molecule has 1 aliphatic rings. The second kappa shape index (κ2) is 10.8. The quantitative estimate of drug-likeness (QED) is 0.675. The van der Waals surface area contributed by atoms with Gasteiger partial charge in [0, 0.05) is 51.8 Å². The van der Waals surface area contributed by atoms with Crippen molar-refractivity contribution in [1.29, 1.82) is 0 Å². The van der Waals surface area contributed by atoms with E-state index in [1.807, 2.05) is 23.1 Å². The summed E-state index contributed by atoms with van der Waals surface area (Å²) in [5, 5.41) is 2.58. The van der Waals surface area contributed by atoms with E-state index in [0.717, 1.165) is 38.2 Å². The van der Waals surface area contributed by atoms with Crippen LogP contribution in [0.25, 0.3) is 0 Å². The third kappa shape index (κ3) is 6.35. The summed E-state index contributed by atoms with van der Waals surface area (Å²) in [6, 6.07) is 13.2. The summed E-state index contributed by atoms with van der Waals surface area (Å²) in [5.41, 5.74) is 1.12. The summed E-state index contributed by atoms with van der Waals surface area (Å²) in [6.07, 6.45) is 1.81. The zero-order valence-electron chi connectivity index (χ0n) is 16.9. The van der Waals surface area contributed by atoms with Crippen LogP contribution in [0.1, 0.15) is 28.8 Å². The second-order valence-corrected chi connectivity index (χ2v) is 7.44. The maximum atomic E-state index is 13.6. The predicted molar refractivity (Wildman–Crippen MR) is 111 cm³/mol. The lowest BCUT2D eigenvalue weighted by molar-refractivity contribution is -0.133. The molecule has 2 aromatic carbocycles. The summed E-state index contributed by atoms with van der Waals surface area (Å²) in [5.74, 6) is -2.16. The molecule has 0 atom stereocenters. The maximum absolute atomic E-state index is 13.6. The first-order chi connectivity index (χ1) is 14.5.